The fourth-order valence-electron chi connectivity index (χ4n) is 2.03. The minimum absolute atomic E-state index is 0.521. The van der Waals surface area contributed by atoms with Gasteiger partial charge < -0.3 is 9.30 Å². The Balaban J connectivity index is 2.27. The highest BCUT2D eigenvalue weighted by Gasteiger charge is 2.07. The van der Waals surface area contributed by atoms with Crippen molar-refractivity contribution >= 4 is 10.9 Å². The Kier molecular flexibility index (Phi) is 4.25. The third kappa shape index (κ3) is 2.65. The van der Waals surface area contributed by atoms with Gasteiger partial charge in [0.1, 0.15) is 5.75 Å². The highest BCUT2D eigenvalue weighted by molar-refractivity contribution is 5.86. The summed E-state index contributed by atoms with van der Waals surface area (Å²) in [6.07, 6.45) is 4.74. The summed E-state index contributed by atoms with van der Waals surface area (Å²) in [7, 11) is 0. The molecular formula is C15H18N2O. The molecule has 0 unspecified atom stereocenters. The first-order valence-corrected chi connectivity index (χ1v) is 6.44. The predicted octanol–water partition coefficient (Wildman–Crippen LogP) is 3.73. The zero-order valence-electron chi connectivity index (χ0n) is 10.7. The second kappa shape index (κ2) is 6.11. The molecular weight excluding hydrogens is 224 g/mol. The summed E-state index contributed by atoms with van der Waals surface area (Å²) in [5.74, 6) is 0.920. The SMILES string of the molecule is CCCCOc1cccc2ccn(CCC#N)c12. The van der Waals surface area contributed by atoms with Crippen LogP contribution in [0.3, 0.4) is 0 Å². The molecule has 3 nitrogen and oxygen atoms in total. The molecule has 2 aromatic rings. The normalized spacial score (nSPS) is 10.4. The molecule has 0 aliphatic rings. The van der Waals surface area contributed by atoms with Gasteiger partial charge in [-0.15, -0.1) is 0 Å². The molecule has 18 heavy (non-hydrogen) atoms. The fraction of sp³-hybridized carbons (Fsp3) is 0.400. The molecule has 2 rings (SSSR count). The van der Waals surface area contributed by atoms with Crippen LogP contribution in [0, 0.1) is 11.3 Å². The first-order chi connectivity index (χ1) is 8.86. The summed E-state index contributed by atoms with van der Waals surface area (Å²) in [4.78, 5) is 0. The minimum Gasteiger partial charge on any atom is -0.491 e. The summed E-state index contributed by atoms with van der Waals surface area (Å²) in [5.41, 5.74) is 1.10. The molecule has 0 N–H and O–H groups in total. The first kappa shape index (κ1) is 12.5. The highest BCUT2D eigenvalue weighted by Crippen LogP contribution is 2.27. The molecule has 0 saturated carbocycles. The third-order valence-corrected chi connectivity index (χ3v) is 2.97. The Bertz CT molecular complexity index is 551. The van der Waals surface area contributed by atoms with Gasteiger partial charge in [0.2, 0.25) is 0 Å². The molecule has 3 heteroatoms. The number of nitrogens with zero attached hydrogens (tertiary/aromatic N) is 2. The number of benzene rings is 1. The average Bonchev–Trinajstić information content (AvgIpc) is 2.81. The van der Waals surface area contributed by atoms with Crippen molar-refractivity contribution in [1.82, 2.24) is 4.57 Å². The second-order valence-corrected chi connectivity index (χ2v) is 4.31. The summed E-state index contributed by atoms with van der Waals surface area (Å²) >= 11 is 0. The smallest absolute Gasteiger partial charge is 0.143 e. The van der Waals surface area contributed by atoms with Crippen LogP contribution >= 0.6 is 0 Å². The molecule has 94 valence electrons. The predicted molar refractivity (Wildman–Crippen MR) is 72.6 cm³/mol. The van der Waals surface area contributed by atoms with Gasteiger partial charge >= 0.3 is 0 Å². The van der Waals surface area contributed by atoms with Crippen LogP contribution in [0.4, 0.5) is 0 Å². The quantitative estimate of drug-likeness (QED) is 0.724. The lowest BCUT2D eigenvalue weighted by Crippen LogP contribution is -2.01. The lowest BCUT2D eigenvalue weighted by Gasteiger charge is -2.10. The van der Waals surface area contributed by atoms with Crippen molar-refractivity contribution in [1.29, 1.82) is 5.26 Å². The third-order valence-electron chi connectivity index (χ3n) is 2.97. The van der Waals surface area contributed by atoms with Gasteiger partial charge in [-0.1, -0.05) is 25.5 Å². The molecule has 0 aliphatic carbocycles. The van der Waals surface area contributed by atoms with E-state index in [9.17, 15) is 0 Å². The van der Waals surface area contributed by atoms with E-state index in [2.05, 4.69) is 29.7 Å². The summed E-state index contributed by atoms with van der Waals surface area (Å²) in [6, 6.07) is 10.3. The second-order valence-electron chi connectivity index (χ2n) is 4.31. The van der Waals surface area contributed by atoms with E-state index in [0.29, 0.717) is 13.0 Å². The van der Waals surface area contributed by atoms with E-state index in [-0.39, 0.29) is 0 Å². The van der Waals surface area contributed by atoms with Gasteiger partial charge in [-0.25, -0.2) is 0 Å². The number of hydrogen-bond donors (Lipinski definition) is 0. The topological polar surface area (TPSA) is 38.0 Å². The van der Waals surface area contributed by atoms with Crippen molar-refractivity contribution in [2.45, 2.75) is 32.7 Å². The summed E-state index contributed by atoms with van der Waals surface area (Å²) < 4.78 is 7.93. The van der Waals surface area contributed by atoms with Crippen LogP contribution in [-0.4, -0.2) is 11.2 Å². The number of aromatic nitrogens is 1. The number of rotatable bonds is 6. The summed E-state index contributed by atoms with van der Waals surface area (Å²) in [5, 5.41) is 9.85. The molecule has 1 aromatic heterocycles. The van der Waals surface area contributed by atoms with E-state index >= 15 is 0 Å². The Hall–Kier alpha value is -1.95. The molecule has 0 atom stereocenters. The Morgan fingerprint density at radius 1 is 1.33 bits per heavy atom. The van der Waals surface area contributed by atoms with E-state index in [1.165, 1.54) is 5.39 Å². The van der Waals surface area contributed by atoms with Crippen molar-refractivity contribution in [3.8, 4) is 11.8 Å². The fourth-order valence-corrected chi connectivity index (χ4v) is 2.03. The van der Waals surface area contributed by atoms with Crippen molar-refractivity contribution in [2.24, 2.45) is 0 Å². The van der Waals surface area contributed by atoms with Gasteiger partial charge in [-0.2, -0.15) is 5.26 Å². The monoisotopic (exact) mass is 242 g/mol. The first-order valence-electron chi connectivity index (χ1n) is 6.44. The number of para-hydroxylation sites is 1. The molecule has 1 aromatic carbocycles. The Morgan fingerprint density at radius 2 is 2.22 bits per heavy atom. The largest absolute Gasteiger partial charge is 0.491 e. The van der Waals surface area contributed by atoms with Gasteiger partial charge in [0.25, 0.3) is 0 Å². The molecule has 0 aliphatic heterocycles. The highest BCUT2D eigenvalue weighted by atomic mass is 16.5. The maximum atomic E-state index is 8.69. The van der Waals surface area contributed by atoms with Crippen LogP contribution in [0.1, 0.15) is 26.2 Å². The van der Waals surface area contributed by atoms with E-state index in [0.717, 1.165) is 30.7 Å². The van der Waals surface area contributed by atoms with Crippen molar-refractivity contribution in [3.05, 3.63) is 30.5 Å². The maximum Gasteiger partial charge on any atom is 0.143 e. The molecule has 0 bridgehead atoms. The summed E-state index contributed by atoms with van der Waals surface area (Å²) in [6.45, 7) is 3.62. The zero-order valence-corrected chi connectivity index (χ0v) is 10.7. The van der Waals surface area contributed by atoms with Crippen LogP contribution in [0.5, 0.6) is 5.75 Å². The molecule has 0 radical (unpaired) electrons. The van der Waals surface area contributed by atoms with Crippen LogP contribution in [0.25, 0.3) is 10.9 Å². The van der Waals surface area contributed by atoms with Gasteiger partial charge in [0.05, 0.1) is 24.6 Å². The van der Waals surface area contributed by atoms with Crippen LogP contribution < -0.4 is 4.74 Å². The standard InChI is InChI=1S/C15H18N2O/c1-2-3-12-18-14-7-4-6-13-8-11-17(15(13)14)10-5-9-16/h4,6-8,11H,2-3,5,10,12H2,1H3. The molecule has 1 heterocycles. The molecule has 0 amide bonds. The van der Waals surface area contributed by atoms with Crippen molar-refractivity contribution < 1.29 is 4.74 Å². The van der Waals surface area contributed by atoms with E-state index < -0.39 is 0 Å². The van der Waals surface area contributed by atoms with Gasteiger partial charge in [0.15, 0.2) is 0 Å². The number of ether oxygens (including phenoxy) is 1. The average molecular weight is 242 g/mol. The molecule has 0 saturated heterocycles. The van der Waals surface area contributed by atoms with Crippen LogP contribution in [0.15, 0.2) is 30.5 Å². The zero-order chi connectivity index (χ0) is 12.8. The number of fused-ring (bicyclic) bond motifs is 1. The maximum absolute atomic E-state index is 8.69. The number of unbranched alkanes of at least 4 members (excludes halogenated alkanes) is 1. The Labute approximate surface area is 108 Å². The number of hydrogen-bond acceptors (Lipinski definition) is 2. The van der Waals surface area contributed by atoms with E-state index in [1.807, 2.05) is 18.3 Å². The van der Waals surface area contributed by atoms with E-state index in [4.69, 9.17) is 10.00 Å². The van der Waals surface area contributed by atoms with Crippen molar-refractivity contribution in [2.75, 3.05) is 6.61 Å². The minimum atomic E-state index is 0.521. The Morgan fingerprint density at radius 3 is 3.00 bits per heavy atom. The number of aryl methyl sites for hydroxylation is 1. The number of nitriles is 1. The molecule has 0 spiro atoms. The molecule has 0 fully saturated rings. The van der Waals surface area contributed by atoms with Crippen molar-refractivity contribution in [3.63, 3.8) is 0 Å². The van der Waals surface area contributed by atoms with Gasteiger partial charge in [-0.3, -0.25) is 0 Å². The van der Waals surface area contributed by atoms with E-state index in [1.54, 1.807) is 0 Å². The lowest BCUT2D eigenvalue weighted by atomic mass is 10.2. The van der Waals surface area contributed by atoms with Crippen LogP contribution in [-0.2, 0) is 6.54 Å². The lowest BCUT2D eigenvalue weighted by molar-refractivity contribution is 0.311. The van der Waals surface area contributed by atoms with Crippen LogP contribution in [0.2, 0.25) is 0 Å². The van der Waals surface area contributed by atoms with Gasteiger partial charge in [0, 0.05) is 18.1 Å². The van der Waals surface area contributed by atoms with Gasteiger partial charge in [-0.05, 0) is 18.6 Å².